The summed E-state index contributed by atoms with van der Waals surface area (Å²) in [5.74, 6) is 0.360. The first-order valence-corrected chi connectivity index (χ1v) is 6.34. The highest BCUT2D eigenvalue weighted by molar-refractivity contribution is 9.10. The van der Waals surface area contributed by atoms with Gasteiger partial charge in [-0.3, -0.25) is 0 Å². The van der Waals surface area contributed by atoms with Gasteiger partial charge < -0.3 is 10.5 Å². The van der Waals surface area contributed by atoms with E-state index in [-0.39, 0.29) is 11.8 Å². The summed E-state index contributed by atoms with van der Waals surface area (Å²) in [5.41, 5.74) is 6.44. The number of hydrogen-bond donors (Lipinski definition) is 1. The zero-order valence-electron chi connectivity index (χ0n) is 9.86. The van der Waals surface area contributed by atoms with Crippen LogP contribution in [0.2, 0.25) is 0 Å². The van der Waals surface area contributed by atoms with Crippen LogP contribution in [-0.2, 0) is 0 Å². The fourth-order valence-electron chi connectivity index (χ4n) is 1.54. The van der Waals surface area contributed by atoms with Gasteiger partial charge in [0.05, 0.1) is 0 Å². The van der Waals surface area contributed by atoms with Crippen LogP contribution < -0.4 is 10.5 Å². The third kappa shape index (κ3) is 3.09. The lowest BCUT2D eigenvalue weighted by molar-refractivity contribution is 0.441. The number of benzene rings is 2. The summed E-state index contributed by atoms with van der Waals surface area (Å²) >= 11 is 3.33. The standard InChI is InChI=1S/C14H13BrFNO/c1-9(17)10-5-6-14(13(16)7-10)18-12-4-2-3-11(15)8-12/h2-9H,17H2,1H3. The molecule has 1 atom stereocenters. The second-order valence-corrected chi connectivity index (χ2v) is 4.95. The van der Waals surface area contributed by atoms with Crippen molar-refractivity contribution in [3.8, 4) is 11.5 Å². The van der Waals surface area contributed by atoms with Gasteiger partial charge in [0.15, 0.2) is 11.6 Å². The van der Waals surface area contributed by atoms with Gasteiger partial charge in [-0.05, 0) is 42.8 Å². The van der Waals surface area contributed by atoms with E-state index in [0.29, 0.717) is 5.75 Å². The molecular weight excluding hydrogens is 297 g/mol. The van der Waals surface area contributed by atoms with Gasteiger partial charge in [-0.1, -0.05) is 28.1 Å². The van der Waals surface area contributed by atoms with Gasteiger partial charge >= 0.3 is 0 Å². The van der Waals surface area contributed by atoms with Gasteiger partial charge in [0, 0.05) is 10.5 Å². The zero-order chi connectivity index (χ0) is 13.1. The van der Waals surface area contributed by atoms with Crippen molar-refractivity contribution in [3.63, 3.8) is 0 Å². The molecule has 2 aromatic rings. The van der Waals surface area contributed by atoms with Crippen molar-refractivity contribution in [2.45, 2.75) is 13.0 Å². The molecule has 2 N–H and O–H groups in total. The molecule has 2 nitrogen and oxygen atoms in total. The first kappa shape index (κ1) is 13.1. The second-order valence-electron chi connectivity index (χ2n) is 4.04. The van der Waals surface area contributed by atoms with Crippen LogP contribution in [0, 0.1) is 5.82 Å². The molecule has 0 fully saturated rings. The molecule has 0 amide bonds. The maximum absolute atomic E-state index is 13.8. The molecule has 18 heavy (non-hydrogen) atoms. The van der Waals surface area contributed by atoms with Gasteiger partial charge in [0.1, 0.15) is 5.75 Å². The first-order valence-electron chi connectivity index (χ1n) is 5.54. The summed E-state index contributed by atoms with van der Waals surface area (Å²) in [6.07, 6.45) is 0. The molecule has 94 valence electrons. The van der Waals surface area contributed by atoms with Gasteiger partial charge in [-0.15, -0.1) is 0 Å². The lowest BCUT2D eigenvalue weighted by atomic mass is 10.1. The van der Waals surface area contributed by atoms with Crippen LogP contribution in [0.1, 0.15) is 18.5 Å². The Balaban J connectivity index is 2.24. The summed E-state index contributed by atoms with van der Waals surface area (Å²) in [5, 5.41) is 0. The molecule has 4 heteroatoms. The number of rotatable bonds is 3. The quantitative estimate of drug-likeness (QED) is 0.912. The normalized spacial score (nSPS) is 12.2. The molecule has 0 aromatic heterocycles. The van der Waals surface area contributed by atoms with E-state index < -0.39 is 5.82 Å². The average Bonchev–Trinajstić information content (AvgIpc) is 2.31. The highest BCUT2D eigenvalue weighted by Crippen LogP contribution is 2.28. The summed E-state index contributed by atoms with van der Waals surface area (Å²) in [6.45, 7) is 1.81. The molecule has 0 radical (unpaired) electrons. The monoisotopic (exact) mass is 309 g/mol. The van der Waals surface area contributed by atoms with E-state index in [9.17, 15) is 4.39 Å². The van der Waals surface area contributed by atoms with Crippen LogP contribution in [0.25, 0.3) is 0 Å². The molecule has 0 aliphatic carbocycles. The van der Waals surface area contributed by atoms with Crippen LogP contribution in [0.4, 0.5) is 4.39 Å². The predicted octanol–water partition coefficient (Wildman–Crippen LogP) is 4.40. The van der Waals surface area contributed by atoms with E-state index >= 15 is 0 Å². The molecule has 0 saturated heterocycles. The number of ether oxygens (including phenoxy) is 1. The van der Waals surface area contributed by atoms with Crippen molar-refractivity contribution in [3.05, 3.63) is 58.3 Å². The fraction of sp³-hybridized carbons (Fsp3) is 0.143. The molecule has 2 rings (SSSR count). The predicted molar refractivity (Wildman–Crippen MR) is 73.2 cm³/mol. The molecule has 0 bridgehead atoms. The minimum absolute atomic E-state index is 0.192. The molecule has 0 spiro atoms. The Morgan fingerprint density at radius 3 is 2.61 bits per heavy atom. The van der Waals surface area contributed by atoms with Crippen LogP contribution in [-0.4, -0.2) is 0 Å². The Hall–Kier alpha value is -1.39. The molecule has 0 aliphatic heterocycles. The third-order valence-corrected chi connectivity index (χ3v) is 3.00. The smallest absolute Gasteiger partial charge is 0.166 e. The molecule has 0 heterocycles. The summed E-state index contributed by atoms with van der Waals surface area (Å²) in [6, 6.07) is 11.8. The number of halogens is 2. The van der Waals surface area contributed by atoms with E-state index in [1.165, 1.54) is 6.07 Å². The van der Waals surface area contributed by atoms with Gasteiger partial charge in [0.2, 0.25) is 0 Å². The van der Waals surface area contributed by atoms with Crippen LogP contribution in [0.5, 0.6) is 11.5 Å². The highest BCUT2D eigenvalue weighted by Gasteiger charge is 2.08. The summed E-state index contributed by atoms with van der Waals surface area (Å²) < 4.78 is 20.2. The summed E-state index contributed by atoms with van der Waals surface area (Å²) in [7, 11) is 0. The van der Waals surface area contributed by atoms with E-state index in [1.807, 2.05) is 19.1 Å². The highest BCUT2D eigenvalue weighted by atomic mass is 79.9. The van der Waals surface area contributed by atoms with Crippen molar-refractivity contribution in [1.82, 2.24) is 0 Å². The Bertz CT molecular complexity index is 557. The van der Waals surface area contributed by atoms with Gasteiger partial charge in [-0.2, -0.15) is 0 Å². The molecule has 1 unspecified atom stereocenters. The van der Waals surface area contributed by atoms with Gasteiger partial charge in [0.25, 0.3) is 0 Å². The topological polar surface area (TPSA) is 35.2 Å². The van der Waals surface area contributed by atoms with Crippen LogP contribution in [0.15, 0.2) is 46.9 Å². The minimum Gasteiger partial charge on any atom is -0.454 e. The van der Waals surface area contributed by atoms with Gasteiger partial charge in [-0.25, -0.2) is 4.39 Å². The van der Waals surface area contributed by atoms with Crippen molar-refractivity contribution in [2.24, 2.45) is 5.73 Å². The summed E-state index contributed by atoms with van der Waals surface area (Å²) in [4.78, 5) is 0. The second kappa shape index (κ2) is 5.50. The minimum atomic E-state index is -0.412. The molecule has 2 aromatic carbocycles. The van der Waals surface area contributed by atoms with E-state index in [4.69, 9.17) is 10.5 Å². The molecular formula is C14H13BrFNO. The Morgan fingerprint density at radius 2 is 2.00 bits per heavy atom. The SMILES string of the molecule is CC(N)c1ccc(Oc2cccc(Br)c2)c(F)c1. The first-order chi connectivity index (χ1) is 8.56. The largest absolute Gasteiger partial charge is 0.454 e. The fourth-order valence-corrected chi connectivity index (χ4v) is 1.92. The van der Waals surface area contributed by atoms with E-state index in [2.05, 4.69) is 15.9 Å². The maximum atomic E-state index is 13.8. The lowest BCUT2D eigenvalue weighted by Crippen LogP contribution is -2.05. The number of nitrogens with two attached hydrogens (primary N) is 1. The van der Waals surface area contributed by atoms with Crippen molar-refractivity contribution >= 4 is 15.9 Å². The Kier molecular flexibility index (Phi) is 3.99. The van der Waals surface area contributed by atoms with E-state index in [0.717, 1.165) is 10.0 Å². The van der Waals surface area contributed by atoms with Crippen LogP contribution >= 0.6 is 15.9 Å². The Labute approximate surface area is 114 Å². The number of hydrogen-bond acceptors (Lipinski definition) is 2. The molecule has 0 saturated carbocycles. The zero-order valence-corrected chi connectivity index (χ0v) is 11.4. The van der Waals surface area contributed by atoms with E-state index in [1.54, 1.807) is 24.3 Å². The molecule has 0 aliphatic rings. The van der Waals surface area contributed by atoms with Crippen molar-refractivity contribution in [1.29, 1.82) is 0 Å². The average molecular weight is 310 g/mol. The van der Waals surface area contributed by atoms with Crippen molar-refractivity contribution in [2.75, 3.05) is 0 Å². The maximum Gasteiger partial charge on any atom is 0.166 e. The van der Waals surface area contributed by atoms with Crippen molar-refractivity contribution < 1.29 is 9.13 Å². The lowest BCUT2D eigenvalue weighted by Gasteiger charge is -2.10. The third-order valence-electron chi connectivity index (χ3n) is 2.51. The van der Waals surface area contributed by atoms with Crippen LogP contribution in [0.3, 0.4) is 0 Å². The Morgan fingerprint density at radius 1 is 1.22 bits per heavy atom.